The molecule has 1 aromatic heterocycles. The van der Waals surface area contributed by atoms with Gasteiger partial charge in [-0.2, -0.15) is 4.31 Å². The van der Waals surface area contributed by atoms with Gasteiger partial charge < -0.3 is 9.26 Å². The second-order valence-corrected chi connectivity index (χ2v) is 8.94. The molecule has 0 spiro atoms. The molecular formula is C20H22N2O4S. The highest BCUT2D eigenvalue weighted by Gasteiger charge is 2.33. The number of fused-ring (bicyclic) bond motifs is 1. The van der Waals surface area contributed by atoms with Crippen LogP contribution >= 0.6 is 0 Å². The third-order valence-electron chi connectivity index (χ3n) is 4.84. The number of morpholine rings is 1. The smallest absolute Gasteiger partial charge is 0.214 e. The van der Waals surface area contributed by atoms with E-state index >= 15 is 0 Å². The van der Waals surface area contributed by atoms with Crippen LogP contribution in [0.15, 0.2) is 59.1 Å². The molecule has 0 amide bonds. The van der Waals surface area contributed by atoms with Crippen LogP contribution < -0.4 is 0 Å². The number of aryl methyl sites for hydroxylation is 1. The Kier molecular flexibility index (Phi) is 4.99. The van der Waals surface area contributed by atoms with Crippen molar-refractivity contribution in [2.24, 2.45) is 0 Å². The lowest BCUT2D eigenvalue weighted by atomic mass is 10.1. The summed E-state index contributed by atoms with van der Waals surface area (Å²) in [5, 5.41) is 4.90. The van der Waals surface area contributed by atoms with Crippen molar-refractivity contribution in [2.45, 2.75) is 25.6 Å². The maximum atomic E-state index is 13.0. The van der Waals surface area contributed by atoms with E-state index in [2.05, 4.69) is 5.16 Å². The van der Waals surface area contributed by atoms with Crippen molar-refractivity contribution in [3.63, 3.8) is 0 Å². The van der Waals surface area contributed by atoms with E-state index in [1.54, 1.807) is 4.31 Å². The third-order valence-corrected chi connectivity index (χ3v) is 6.65. The maximum Gasteiger partial charge on any atom is 0.214 e. The molecule has 0 bridgehead atoms. The minimum absolute atomic E-state index is 0.00222. The van der Waals surface area contributed by atoms with Crippen LogP contribution in [-0.2, 0) is 21.2 Å². The molecule has 0 N–H and O–H groups in total. The summed E-state index contributed by atoms with van der Waals surface area (Å²) in [6.07, 6.45) is -0.0922. The summed E-state index contributed by atoms with van der Waals surface area (Å²) in [4.78, 5) is 0. The number of sulfonamides is 1. The first kappa shape index (κ1) is 18.2. The molecule has 2 aromatic carbocycles. The number of benzene rings is 2. The Morgan fingerprint density at radius 3 is 2.63 bits per heavy atom. The van der Waals surface area contributed by atoms with E-state index < -0.39 is 10.0 Å². The van der Waals surface area contributed by atoms with E-state index in [1.165, 1.54) is 0 Å². The molecule has 1 saturated heterocycles. The fourth-order valence-corrected chi connectivity index (χ4v) is 4.97. The Morgan fingerprint density at radius 1 is 1.07 bits per heavy atom. The van der Waals surface area contributed by atoms with Crippen LogP contribution in [-0.4, -0.2) is 42.8 Å². The van der Waals surface area contributed by atoms with Crippen molar-refractivity contribution in [1.82, 2.24) is 9.46 Å². The van der Waals surface area contributed by atoms with E-state index in [4.69, 9.17) is 9.26 Å². The number of ether oxygens (including phenoxy) is 1. The molecule has 0 radical (unpaired) electrons. The first-order valence-electron chi connectivity index (χ1n) is 9.04. The second-order valence-electron chi connectivity index (χ2n) is 6.85. The molecule has 0 aliphatic carbocycles. The zero-order valence-corrected chi connectivity index (χ0v) is 15.9. The van der Waals surface area contributed by atoms with Gasteiger partial charge in [-0.15, -0.1) is 0 Å². The summed E-state index contributed by atoms with van der Waals surface area (Å²) in [5.74, 6) is -0.00222. The molecule has 27 heavy (non-hydrogen) atoms. The first-order valence-corrected chi connectivity index (χ1v) is 10.7. The highest BCUT2D eigenvalue weighted by Crippen LogP contribution is 2.27. The largest absolute Gasteiger partial charge is 0.368 e. The van der Waals surface area contributed by atoms with Crippen molar-refractivity contribution in [2.75, 3.05) is 18.8 Å². The summed E-state index contributed by atoms with van der Waals surface area (Å²) < 4.78 is 38.7. The topological polar surface area (TPSA) is 72.6 Å². The van der Waals surface area contributed by atoms with Crippen LogP contribution in [0.5, 0.6) is 0 Å². The van der Waals surface area contributed by atoms with Gasteiger partial charge in [0.05, 0.1) is 23.7 Å². The fourth-order valence-electron chi connectivity index (χ4n) is 3.46. The highest BCUT2D eigenvalue weighted by atomic mass is 32.2. The number of rotatable bonds is 5. The Labute approximate surface area is 158 Å². The van der Waals surface area contributed by atoms with Crippen molar-refractivity contribution in [3.8, 4) is 0 Å². The van der Waals surface area contributed by atoms with Crippen molar-refractivity contribution >= 4 is 21.0 Å². The molecule has 1 fully saturated rings. The maximum absolute atomic E-state index is 13.0. The number of para-hydroxylation sites is 1. The molecule has 7 heteroatoms. The van der Waals surface area contributed by atoms with E-state index in [1.807, 2.05) is 61.5 Å². The molecular weight excluding hydrogens is 364 g/mol. The average Bonchev–Trinajstić information content (AvgIpc) is 3.10. The fraction of sp³-hybridized carbons (Fsp3) is 0.350. The molecule has 6 nitrogen and oxygen atoms in total. The number of nitrogens with zero attached hydrogens (tertiary/aromatic N) is 2. The van der Waals surface area contributed by atoms with Gasteiger partial charge in [0, 0.05) is 24.9 Å². The second kappa shape index (κ2) is 7.42. The lowest BCUT2D eigenvalue weighted by Crippen LogP contribution is -2.46. The molecule has 2 heterocycles. The molecule has 4 rings (SSSR count). The van der Waals surface area contributed by atoms with Crippen LogP contribution in [0.3, 0.4) is 0 Å². The summed E-state index contributed by atoms with van der Waals surface area (Å²) in [6, 6.07) is 17.2. The molecule has 2 unspecified atom stereocenters. The minimum atomic E-state index is -3.43. The van der Waals surface area contributed by atoms with Crippen LogP contribution in [0, 0.1) is 0 Å². The molecule has 0 saturated carbocycles. The molecule has 2 atom stereocenters. The van der Waals surface area contributed by atoms with E-state index in [0.717, 1.165) is 10.9 Å². The number of aromatic nitrogens is 1. The number of hydrogen-bond acceptors (Lipinski definition) is 5. The van der Waals surface area contributed by atoms with Gasteiger partial charge in [0.25, 0.3) is 0 Å². The summed E-state index contributed by atoms with van der Waals surface area (Å²) >= 11 is 0. The minimum Gasteiger partial charge on any atom is -0.368 e. The quantitative estimate of drug-likeness (QED) is 0.673. The first-order chi connectivity index (χ1) is 13.0. The average molecular weight is 386 g/mol. The Balaban J connectivity index is 1.49. The molecule has 1 aliphatic rings. The van der Waals surface area contributed by atoms with Gasteiger partial charge in [-0.3, -0.25) is 0 Å². The highest BCUT2D eigenvalue weighted by molar-refractivity contribution is 7.89. The Hall–Kier alpha value is -2.22. The zero-order chi connectivity index (χ0) is 18.9. The van der Waals surface area contributed by atoms with Crippen molar-refractivity contribution < 1.29 is 17.7 Å². The standard InChI is InChI=1S/C20H22N2O4S/c1-15-13-22(14-20(25-15)16-7-3-2-4-8-16)27(23,24)12-11-18-17-9-5-6-10-19(17)26-21-18/h2-10,15,20H,11-14H2,1H3. The normalized spacial score (nSPS) is 21.5. The van der Waals surface area contributed by atoms with Crippen molar-refractivity contribution in [3.05, 3.63) is 65.9 Å². The summed E-state index contributed by atoms with van der Waals surface area (Å²) in [6.45, 7) is 2.60. The van der Waals surface area contributed by atoms with E-state index in [-0.39, 0.29) is 18.0 Å². The monoisotopic (exact) mass is 386 g/mol. The summed E-state index contributed by atoms with van der Waals surface area (Å²) in [5.41, 5.74) is 2.34. The van der Waals surface area contributed by atoms with E-state index in [9.17, 15) is 8.42 Å². The Morgan fingerprint density at radius 2 is 1.81 bits per heavy atom. The van der Waals surface area contributed by atoms with Gasteiger partial charge in [0.2, 0.25) is 10.0 Å². The van der Waals surface area contributed by atoms with Gasteiger partial charge in [-0.25, -0.2) is 8.42 Å². The molecule has 1 aliphatic heterocycles. The van der Waals surface area contributed by atoms with Crippen molar-refractivity contribution in [1.29, 1.82) is 0 Å². The van der Waals surface area contributed by atoms with E-state index in [0.29, 0.717) is 30.8 Å². The predicted molar refractivity (Wildman–Crippen MR) is 103 cm³/mol. The SMILES string of the molecule is CC1CN(S(=O)(=O)CCc2noc3ccccc23)CC(c2ccccc2)O1. The van der Waals surface area contributed by atoms with Gasteiger partial charge in [-0.05, 0) is 24.6 Å². The lowest BCUT2D eigenvalue weighted by molar-refractivity contribution is -0.0556. The van der Waals surface area contributed by atoms with Crippen LogP contribution in [0.1, 0.15) is 24.3 Å². The Bertz CT molecular complexity index is 1020. The zero-order valence-electron chi connectivity index (χ0n) is 15.1. The lowest BCUT2D eigenvalue weighted by Gasteiger charge is -2.36. The summed E-state index contributed by atoms with van der Waals surface area (Å²) in [7, 11) is -3.43. The van der Waals surface area contributed by atoms with Gasteiger partial charge in [-0.1, -0.05) is 47.6 Å². The molecule has 3 aromatic rings. The number of hydrogen-bond donors (Lipinski definition) is 0. The third kappa shape index (κ3) is 3.90. The molecule has 142 valence electrons. The predicted octanol–water partition coefficient (Wildman–Crippen LogP) is 3.16. The van der Waals surface area contributed by atoms with Gasteiger partial charge >= 0.3 is 0 Å². The van der Waals surface area contributed by atoms with Crippen LogP contribution in [0.25, 0.3) is 11.0 Å². The van der Waals surface area contributed by atoms with Gasteiger partial charge in [0.15, 0.2) is 5.58 Å². The van der Waals surface area contributed by atoms with Crippen LogP contribution in [0.2, 0.25) is 0 Å². The van der Waals surface area contributed by atoms with Crippen LogP contribution in [0.4, 0.5) is 0 Å². The van der Waals surface area contributed by atoms with Gasteiger partial charge in [0.1, 0.15) is 0 Å².